The summed E-state index contributed by atoms with van der Waals surface area (Å²) in [4.78, 5) is 11.0. The van der Waals surface area contributed by atoms with E-state index in [0.717, 1.165) is 25.7 Å². The summed E-state index contributed by atoms with van der Waals surface area (Å²) in [5, 5.41) is 9.06. The summed E-state index contributed by atoms with van der Waals surface area (Å²) in [6, 6.07) is 0.00565. The zero-order valence-electron chi connectivity index (χ0n) is 10.0. The third kappa shape index (κ3) is 2.03. The molecule has 3 nitrogen and oxygen atoms in total. The predicted octanol–water partition coefficient (Wildman–Crippen LogP) is 2.39. The highest BCUT2D eigenvalue weighted by Gasteiger charge is 2.52. The van der Waals surface area contributed by atoms with E-state index in [1.165, 1.54) is 0 Å². The molecule has 0 amide bonds. The highest BCUT2D eigenvalue weighted by molar-refractivity contribution is 5.68. The van der Waals surface area contributed by atoms with Crippen LogP contribution in [0.1, 0.15) is 52.9 Å². The third-order valence-electron chi connectivity index (χ3n) is 4.39. The Hall–Kier alpha value is -0.570. The fraction of sp³-hybridized carbons (Fsp3) is 0.917. The van der Waals surface area contributed by atoms with Gasteiger partial charge in [0.2, 0.25) is 0 Å². The highest BCUT2D eigenvalue weighted by atomic mass is 16.4. The lowest BCUT2D eigenvalue weighted by Gasteiger charge is -2.45. The van der Waals surface area contributed by atoms with Gasteiger partial charge in [0.1, 0.15) is 0 Å². The third-order valence-corrected chi connectivity index (χ3v) is 4.39. The van der Waals surface area contributed by atoms with Crippen molar-refractivity contribution in [3.63, 3.8) is 0 Å². The smallest absolute Gasteiger partial charge is 0.303 e. The van der Waals surface area contributed by atoms with Crippen LogP contribution in [0.2, 0.25) is 0 Å². The number of hydrogen-bond donors (Lipinski definition) is 2. The summed E-state index contributed by atoms with van der Waals surface area (Å²) in [7, 11) is 0. The molecule has 0 bridgehead atoms. The molecular weight excluding hydrogens is 190 g/mol. The van der Waals surface area contributed by atoms with Crippen molar-refractivity contribution in [2.75, 3.05) is 0 Å². The molecule has 1 saturated carbocycles. The van der Waals surface area contributed by atoms with Gasteiger partial charge in [-0.05, 0) is 24.7 Å². The van der Waals surface area contributed by atoms with Gasteiger partial charge >= 0.3 is 5.97 Å². The van der Waals surface area contributed by atoms with Crippen LogP contribution in [-0.2, 0) is 4.79 Å². The second kappa shape index (κ2) is 4.12. The molecule has 0 heterocycles. The van der Waals surface area contributed by atoms with Crippen molar-refractivity contribution >= 4 is 5.97 Å². The fourth-order valence-electron chi connectivity index (χ4n) is 3.24. The molecule has 88 valence electrons. The maximum atomic E-state index is 11.0. The lowest BCUT2D eigenvalue weighted by atomic mass is 9.61. The first-order chi connectivity index (χ1) is 6.85. The zero-order valence-corrected chi connectivity index (χ0v) is 10.0. The molecule has 2 unspecified atom stereocenters. The number of aliphatic carboxylic acids is 1. The maximum absolute atomic E-state index is 11.0. The summed E-state index contributed by atoms with van der Waals surface area (Å²) in [5.74, 6) is -0.714. The first kappa shape index (κ1) is 12.5. The molecule has 1 fully saturated rings. The number of rotatable bonds is 4. The topological polar surface area (TPSA) is 63.3 Å². The summed E-state index contributed by atoms with van der Waals surface area (Å²) in [6.45, 7) is 6.37. The first-order valence-electron chi connectivity index (χ1n) is 5.83. The highest BCUT2D eigenvalue weighted by Crippen LogP contribution is 2.56. The Morgan fingerprint density at radius 1 is 1.47 bits per heavy atom. The van der Waals surface area contributed by atoms with E-state index >= 15 is 0 Å². The van der Waals surface area contributed by atoms with Crippen LogP contribution >= 0.6 is 0 Å². The van der Waals surface area contributed by atoms with Crippen LogP contribution in [-0.4, -0.2) is 17.1 Å². The van der Waals surface area contributed by atoms with Gasteiger partial charge in [-0.2, -0.15) is 0 Å². The molecule has 0 aromatic heterocycles. The van der Waals surface area contributed by atoms with Crippen LogP contribution in [0.4, 0.5) is 0 Å². The standard InChI is InChI=1S/C12H23NO2/c1-4-9(13)12(8-10(14)15)7-5-6-11(12,2)3/h9H,4-8,13H2,1-3H3,(H,14,15). The molecule has 2 atom stereocenters. The molecule has 15 heavy (non-hydrogen) atoms. The molecule has 1 aliphatic carbocycles. The monoisotopic (exact) mass is 213 g/mol. The average molecular weight is 213 g/mol. The minimum atomic E-state index is -0.714. The van der Waals surface area contributed by atoms with E-state index < -0.39 is 5.97 Å². The van der Waals surface area contributed by atoms with Crippen LogP contribution in [0, 0.1) is 10.8 Å². The van der Waals surface area contributed by atoms with Crippen molar-refractivity contribution < 1.29 is 9.90 Å². The quantitative estimate of drug-likeness (QED) is 0.753. The van der Waals surface area contributed by atoms with Gasteiger partial charge in [0.05, 0.1) is 6.42 Å². The molecule has 0 aromatic rings. The molecule has 0 aliphatic heterocycles. The lowest BCUT2D eigenvalue weighted by Crippen LogP contribution is -2.49. The van der Waals surface area contributed by atoms with E-state index in [0.29, 0.717) is 0 Å². The SMILES string of the molecule is CCC(N)C1(CC(=O)O)CCCC1(C)C. The number of carbonyl (C=O) groups is 1. The van der Waals surface area contributed by atoms with Gasteiger partial charge in [0.15, 0.2) is 0 Å². The second-order valence-electron chi connectivity index (χ2n) is 5.48. The summed E-state index contributed by atoms with van der Waals surface area (Å²) >= 11 is 0. The molecule has 0 aromatic carbocycles. The van der Waals surface area contributed by atoms with E-state index in [2.05, 4.69) is 13.8 Å². The van der Waals surface area contributed by atoms with E-state index in [4.69, 9.17) is 10.8 Å². The van der Waals surface area contributed by atoms with E-state index in [-0.39, 0.29) is 23.3 Å². The largest absolute Gasteiger partial charge is 0.481 e. The van der Waals surface area contributed by atoms with Gasteiger partial charge in [-0.1, -0.05) is 27.2 Å². The number of hydrogen-bond acceptors (Lipinski definition) is 2. The van der Waals surface area contributed by atoms with Gasteiger partial charge in [-0.3, -0.25) is 4.79 Å². The van der Waals surface area contributed by atoms with Gasteiger partial charge in [-0.25, -0.2) is 0 Å². The Bertz CT molecular complexity index is 250. The number of carboxylic acid groups (broad SMARTS) is 1. The second-order valence-corrected chi connectivity index (χ2v) is 5.48. The van der Waals surface area contributed by atoms with Crippen molar-refractivity contribution in [2.45, 2.75) is 58.9 Å². The maximum Gasteiger partial charge on any atom is 0.303 e. The van der Waals surface area contributed by atoms with Gasteiger partial charge in [0, 0.05) is 11.5 Å². The Kier molecular flexibility index (Phi) is 3.44. The van der Waals surface area contributed by atoms with Crippen LogP contribution < -0.4 is 5.73 Å². The van der Waals surface area contributed by atoms with Gasteiger partial charge in [0.25, 0.3) is 0 Å². The summed E-state index contributed by atoms with van der Waals surface area (Å²) in [5.41, 5.74) is 6.03. The molecule has 3 heteroatoms. The molecule has 0 radical (unpaired) electrons. The van der Waals surface area contributed by atoms with Crippen LogP contribution in [0.5, 0.6) is 0 Å². The Morgan fingerprint density at radius 2 is 2.07 bits per heavy atom. The van der Waals surface area contributed by atoms with Crippen LogP contribution in [0.3, 0.4) is 0 Å². The zero-order chi connectivity index (χ0) is 11.7. The predicted molar refractivity (Wildman–Crippen MR) is 60.6 cm³/mol. The number of nitrogens with two attached hydrogens (primary N) is 1. The summed E-state index contributed by atoms with van der Waals surface area (Å²) < 4.78 is 0. The first-order valence-corrected chi connectivity index (χ1v) is 5.83. The molecule has 1 rings (SSSR count). The van der Waals surface area contributed by atoms with Crippen LogP contribution in [0.15, 0.2) is 0 Å². The van der Waals surface area contributed by atoms with Crippen molar-refractivity contribution in [1.29, 1.82) is 0 Å². The lowest BCUT2D eigenvalue weighted by molar-refractivity contribution is -0.142. The molecular formula is C12H23NO2. The molecule has 0 saturated heterocycles. The van der Waals surface area contributed by atoms with E-state index in [1.807, 2.05) is 6.92 Å². The Balaban J connectivity index is 3.00. The normalized spacial score (nSPS) is 31.5. The fourth-order valence-corrected chi connectivity index (χ4v) is 3.24. The van der Waals surface area contributed by atoms with Gasteiger partial charge < -0.3 is 10.8 Å². The van der Waals surface area contributed by atoms with E-state index in [9.17, 15) is 4.79 Å². The molecule has 0 spiro atoms. The minimum absolute atomic E-state index is 0.00565. The minimum Gasteiger partial charge on any atom is -0.481 e. The summed E-state index contributed by atoms with van der Waals surface area (Å²) in [6.07, 6.45) is 4.23. The number of carboxylic acids is 1. The van der Waals surface area contributed by atoms with E-state index in [1.54, 1.807) is 0 Å². The Labute approximate surface area is 92.0 Å². The van der Waals surface area contributed by atoms with Gasteiger partial charge in [-0.15, -0.1) is 0 Å². The average Bonchev–Trinajstić information content (AvgIpc) is 2.41. The molecule has 1 aliphatic rings. The van der Waals surface area contributed by atoms with Crippen molar-refractivity contribution in [3.8, 4) is 0 Å². The molecule has 3 N–H and O–H groups in total. The van der Waals surface area contributed by atoms with Crippen LogP contribution in [0.25, 0.3) is 0 Å². The van der Waals surface area contributed by atoms with Crippen molar-refractivity contribution in [2.24, 2.45) is 16.6 Å². The Morgan fingerprint density at radius 3 is 2.40 bits per heavy atom. The van der Waals surface area contributed by atoms with Crippen molar-refractivity contribution in [1.82, 2.24) is 0 Å². The van der Waals surface area contributed by atoms with Crippen molar-refractivity contribution in [3.05, 3.63) is 0 Å².